The second-order valence-electron chi connectivity index (χ2n) is 7.77. The van der Waals surface area contributed by atoms with Gasteiger partial charge in [0.15, 0.2) is 0 Å². The lowest BCUT2D eigenvalue weighted by Crippen LogP contribution is -2.16. The van der Waals surface area contributed by atoms with Crippen LogP contribution in [0.25, 0.3) is 0 Å². The minimum atomic E-state index is -0.718. The Balaban J connectivity index is 1.31. The second kappa shape index (κ2) is 8.99. The highest BCUT2D eigenvalue weighted by atomic mass is 16.4. The second-order valence-corrected chi connectivity index (χ2v) is 7.77. The predicted molar refractivity (Wildman–Crippen MR) is 112 cm³/mol. The smallest absolute Gasteiger partial charge is 0.321 e. The summed E-state index contributed by atoms with van der Waals surface area (Å²) in [6.45, 7) is 0. The van der Waals surface area contributed by atoms with Gasteiger partial charge in [-0.3, -0.25) is 19.6 Å². The number of aryl methyl sites for hydroxylation is 1. The van der Waals surface area contributed by atoms with Crippen molar-refractivity contribution in [1.82, 2.24) is 20.0 Å². The largest absolute Gasteiger partial charge is 0.481 e. The van der Waals surface area contributed by atoms with E-state index in [1.54, 1.807) is 24.0 Å². The Kier molecular flexibility index (Phi) is 5.96. The molecule has 0 aliphatic heterocycles. The van der Waals surface area contributed by atoms with Crippen molar-refractivity contribution in [2.45, 2.75) is 38.0 Å². The van der Waals surface area contributed by atoms with E-state index in [0.29, 0.717) is 17.4 Å². The monoisotopic (exact) mass is 424 g/mol. The summed E-state index contributed by atoms with van der Waals surface area (Å²) in [6.07, 6.45) is 5.71. The number of carbonyl (C=O) groups is 2. The Hall–Kier alpha value is -3.69. The number of rotatable bonds is 7. The Bertz CT molecular complexity index is 1050. The molecule has 4 rings (SSSR count). The lowest BCUT2D eigenvalue weighted by atomic mass is 9.77. The van der Waals surface area contributed by atoms with Crippen LogP contribution in [0.15, 0.2) is 40.9 Å². The van der Waals surface area contributed by atoms with Gasteiger partial charge in [-0.15, -0.1) is 5.10 Å². The van der Waals surface area contributed by atoms with Crippen molar-refractivity contribution in [2.24, 2.45) is 13.0 Å². The molecule has 2 aromatic heterocycles. The van der Waals surface area contributed by atoms with Crippen LogP contribution in [0.3, 0.4) is 0 Å². The molecule has 2 heterocycles. The molecule has 0 radical (unpaired) electrons. The van der Waals surface area contributed by atoms with E-state index in [-0.39, 0.29) is 24.2 Å². The quantitative estimate of drug-likeness (QED) is 0.524. The van der Waals surface area contributed by atoms with Crippen LogP contribution in [-0.2, 0) is 11.8 Å². The number of hydrogen-bond donors (Lipinski definition) is 3. The minimum absolute atomic E-state index is 0.0996. The van der Waals surface area contributed by atoms with Gasteiger partial charge >= 0.3 is 23.8 Å². The highest BCUT2D eigenvalue weighted by Crippen LogP contribution is 2.37. The van der Waals surface area contributed by atoms with Crippen molar-refractivity contribution < 1.29 is 19.1 Å². The van der Waals surface area contributed by atoms with Crippen molar-refractivity contribution in [3.05, 3.63) is 48.0 Å². The molecule has 1 saturated carbocycles. The number of amides is 1. The number of nitrogens with zero attached hydrogens (tertiary/aromatic N) is 4. The third-order valence-electron chi connectivity index (χ3n) is 5.63. The summed E-state index contributed by atoms with van der Waals surface area (Å²) < 4.78 is 6.98. The fourth-order valence-corrected chi connectivity index (χ4v) is 3.94. The fourth-order valence-electron chi connectivity index (χ4n) is 3.94. The van der Waals surface area contributed by atoms with Gasteiger partial charge in [0.1, 0.15) is 5.82 Å². The molecule has 3 aromatic rings. The molecule has 31 heavy (non-hydrogen) atoms. The molecule has 1 aliphatic rings. The number of hydrogen-bond acceptors (Lipinski definition) is 7. The molecule has 0 saturated heterocycles. The molecule has 10 heteroatoms. The van der Waals surface area contributed by atoms with E-state index in [1.807, 2.05) is 24.3 Å². The average molecular weight is 424 g/mol. The van der Waals surface area contributed by atoms with Gasteiger partial charge in [-0.25, -0.2) is 0 Å². The van der Waals surface area contributed by atoms with Gasteiger partial charge in [-0.2, -0.15) is 5.10 Å². The van der Waals surface area contributed by atoms with Crippen LogP contribution in [0.2, 0.25) is 0 Å². The Morgan fingerprint density at radius 2 is 1.87 bits per heavy atom. The van der Waals surface area contributed by atoms with Gasteiger partial charge in [0.2, 0.25) is 0 Å². The first-order valence-corrected chi connectivity index (χ1v) is 10.2. The number of aromatic nitrogens is 4. The Labute approximate surface area is 178 Å². The molecule has 1 fully saturated rings. The zero-order valence-corrected chi connectivity index (χ0v) is 17.1. The molecule has 1 aliphatic carbocycles. The third-order valence-corrected chi connectivity index (χ3v) is 5.63. The molecule has 0 bridgehead atoms. The standard InChI is InChI=1S/C21H24N6O4/c1-27-17(10-11-22-27)24-21-26-25-20(31-21)19(30)23-16-8-6-15(7-9-16)14-4-2-13(3-5-14)12-18(28)29/h6-11,13-14H,2-5,12H2,1H3,(H,23,30)(H,24,26)(H,28,29)/t13-,14-. The lowest BCUT2D eigenvalue weighted by molar-refractivity contribution is -0.138. The van der Waals surface area contributed by atoms with Crippen LogP contribution >= 0.6 is 0 Å². The number of carboxylic acid groups (broad SMARTS) is 1. The summed E-state index contributed by atoms with van der Waals surface area (Å²) >= 11 is 0. The Morgan fingerprint density at radius 3 is 2.52 bits per heavy atom. The van der Waals surface area contributed by atoms with Gasteiger partial charge in [-0.05, 0) is 55.2 Å². The van der Waals surface area contributed by atoms with Crippen LogP contribution in [0.1, 0.15) is 54.3 Å². The lowest BCUT2D eigenvalue weighted by Gasteiger charge is -2.28. The van der Waals surface area contributed by atoms with Crippen molar-refractivity contribution in [1.29, 1.82) is 0 Å². The van der Waals surface area contributed by atoms with Gasteiger partial charge in [-0.1, -0.05) is 17.2 Å². The van der Waals surface area contributed by atoms with E-state index in [1.165, 1.54) is 5.56 Å². The van der Waals surface area contributed by atoms with Gasteiger partial charge in [0.05, 0.1) is 6.20 Å². The summed E-state index contributed by atoms with van der Waals surface area (Å²) in [6, 6.07) is 9.54. The fraction of sp³-hybridized carbons (Fsp3) is 0.381. The first-order chi connectivity index (χ1) is 15.0. The molecule has 162 valence electrons. The number of carbonyl (C=O) groups excluding carboxylic acids is 1. The minimum Gasteiger partial charge on any atom is -0.481 e. The zero-order valence-electron chi connectivity index (χ0n) is 17.1. The topological polar surface area (TPSA) is 135 Å². The number of carboxylic acids is 1. The molecular weight excluding hydrogens is 400 g/mol. The maximum Gasteiger partial charge on any atom is 0.321 e. The van der Waals surface area contributed by atoms with Crippen LogP contribution in [0.5, 0.6) is 0 Å². The summed E-state index contributed by atoms with van der Waals surface area (Å²) in [5.41, 5.74) is 1.83. The van der Waals surface area contributed by atoms with Crippen molar-refractivity contribution in [3.63, 3.8) is 0 Å². The summed E-state index contributed by atoms with van der Waals surface area (Å²) in [5.74, 6) is -0.00352. The molecule has 10 nitrogen and oxygen atoms in total. The van der Waals surface area contributed by atoms with Gasteiger partial charge in [0, 0.05) is 25.2 Å². The molecular formula is C21H24N6O4. The van der Waals surface area contributed by atoms with E-state index in [9.17, 15) is 9.59 Å². The molecule has 0 atom stereocenters. The van der Waals surface area contributed by atoms with E-state index in [4.69, 9.17) is 9.52 Å². The van der Waals surface area contributed by atoms with Crippen LogP contribution in [0, 0.1) is 5.92 Å². The van der Waals surface area contributed by atoms with Crippen LogP contribution in [-0.4, -0.2) is 37.0 Å². The van der Waals surface area contributed by atoms with E-state index < -0.39 is 11.9 Å². The third kappa shape index (κ3) is 5.08. The first-order valence-electron chi connectivity index (χ1n) is 10.2. The average Bonchev–Trinajstić information content (AvgIpc) is 3.38. The number of benzene rings is 1. The van der Waals surface area contributed by atoms with Crippen LogP contribution < -0.4 is 10.6 Å². The van der Waals surface area contributed by atoms with Gasteiger partial charge < -0.3 is 14.8 Å². The molecule has 0 unspecified atom stereocenters. The normalized spacial score (nSPS) is 18.5. The maximum absolute atomic E-state index is 12.4. The molecule has 1 aromatic carbocycles. The van der Waals surface area contributed by atoms with Gasteiger partial charge in [0.25, 0.3) is 0 Å². The molecule has 0 spiro atoms. The number of anilines is 3. The van der Waals surface area contributed by atoms with Crippen LogP contribution in [0.4, 0.5) is 17.5 Å². The van der Waals surface area contributed by atoms with Crippen molar-refractivity contribution in [2.75, 3.05) is 10.6 Å². The highest BCUT2D eigenvalue weighted by Gasteiger charge is 2.24. The highest BCUT2D eigenvalue weighted by molar-refractivity contribution is 6.00. The van der Waals surface area contributed by atoms with Crippen molar-refractivity contribution >= 4 is 29.4 Å². The number of nitrogens with one attached hydrogen (secondary N) is 2. The Morgan fingerprint density at radius 1 is 1.13 bits per heavy atom. The zero-order chi connectivity index (χ0) is 21.8. The molecule has 3 N–H and O–H groups in total. The summed E-state index contributed by atoms with van der Waals surface area (Å²) in [4.78, 5) is 23.3. The SMILES string of the molecule is Cn1nccc1Nc1nnc(C(=O)Nc2ccc([C@H]3CC[C@H](CC(=O)O)CC3)cc2)o1. The maximum atomic E-state index is 12.4. The van der Waals surface area contributed by atoms with E-state index in [0.717, 1.165) is 25.7 Å². The summed E-state index contributed by atoms with van der Waals surface area (Å²) in [5, 5.41) is 26.2. The summed E-state index contributed by atoms with van der Waals surface area (Å²) in [7, 11) is 1.76. The van der Waals surface area contributed by atoms with E-state index in [2.05, 4.69) is 25.9 Å². The first kappa shape index (κ1) is 20.6. The predicted octanol–water partition coefficient (Wildman–Crippen LogP) is 3.55. The molecule has 1 amide bonds. The number of aliphatic carboxylic acids is 1. The van der Waals surface area contributed by atoms with Crippen molar-refractivity contribution in [3.8, 4) is 0 Å². The van der Waals surface area contributed by atoms with E-state index >= 15 is 0 Å².